The van der Waals surface area contributed by atoms with Crippen molar-refractivity contribution in [2.75, 3.05) is 19.3 Å². The molecule has 5 nitrogen and oxygen atoms in total. The molecule has 0 bridgehead atoms. The molecule has 0 aliphatic rings. The number of nitrogens with zero attached hydrogens (tertiary/aromatic N) is 1. The summed E-state index contributed by atoms with van der Waals surface area (Å²) in [7, 11) is -1.63. The summed E-state index contributed by atoms with van der Waals surface area (Å²) in [6.07, 6.45) is 2.66. The van der Waals surface area contributed by atoms with Crippen molar-refractivity contribution in [3.63, 3.8) is 0 Å². The van der Waals surface area contributed by atoms with Crippen molar-refractivity contribution in [2.45, 2.75) is 37.1 Å². The van der Waals surface area contributed by atoms with Gasteiger partial charge in [-0.1, -0.05) is 55.5 Å². The number of nitrogens with one attached hydrogen (secondary N) is 2. The standard InChI is InChI=1S/C21H29N3O2S.HI/c1-3-19(17-27(25,26)20-14-8-5-9-15-20)24-21(22-2)23-16-10-13-18-11-6-4-7-12-18;/h4-9,11-12,14-15,19H,3,10,13,16-17H2,1-2H3,(H2,22,23,24);1H. The van der Waals surface area contributed by atoms with Crippen LogP contribution in [0.2, 0.25) is 0 Å². The van der Waals surface area contributed by atoms with Gasteiger partial charge in [0.1, 0.15) is 0 Å². The second-order valence-corrected chi connectivity index (χ2v) is 8.47. The fourth-order valence-electron chi connectivity index (χ4n) is 2.78. The van der Waals surface area contributed by atoms with Gasteiger partial charge >= 0.3 is 0 Å². The van der Waals surface area contributed by atoms with Gasteiger partial charge in [0, 0.05) is 19.6 Å². The van der Waals surface area contributed by atoms with E-state index in [9.17, 15) is 8.42 Å². The number of aliphatic imine (C=N–C) groups is 1. The maximum Gasteiger partial charge on any atom is 0.191 e. The first-order valence-corrected chi connectivity index (χ1v) is 11.0. The van der Waals surface area contributed by atoms with Crippen molar-refractivity contribution in [1.29, 1.82) is 0 Å². The number of aryl methyl sites for hydroxylation is 1. The van der Waals surface area contributed by atoms with Crippen LogP contribution in [-0.2, 0) is 16.3 Å². The van der Waals surface area contributed by atoms with Gasteiger partial charge < -0.3 is 10.6 Å². The molecule has 2 N–H and O–H groups in total. The van der Waals surface area contributed by atoms with Crippen molar-refractivity contribution >= 4 is 39.8 Å². The molecule has 0 aromatic heterocycles. The van der Waals surface area contributed by atoms with Crippen molar-refractivity contribution in [1.82, 2.24) is 10.6 Å². The largest absolute Gasteiger partial charge is 0.356 e. The summed E-state index contributed by atoms with van der Waals surface area (Å²) in [4.78, 5) is 4.58. The molecular formula is C21H30IN3O2S. The predicted molar refractivity (Wildman–Crippen MR) is 127 cm³/mol. The van der Waals surface area contributed by atoms with Crippen LogP contribution in [0.1, 0.15) is 25.3 Å². The molecule has 2 rings (SSSR count). The lowest BCUT2D eigenvalue weighted by atomic mass is 10.1. The van der Waals surface area contributed by atoms with Gasteiger partial charge in [0.2, 0.25) is 0 Å². The van der Waals surface area contributed by atoms with Crippen LogP contribution in [0.3, 0.4) is 0 Å². The van der Waals surface area contributed by atoms with Crippen LogP contribution in [0.15, 0.2) is 70.6 Å². The quantitative estimate of drug-likeness (QED) is 0.232. The molecule has 0 spiro atoms. The molecule has 154 valence electrons. The molecule has 1 atom stereocenters. The number of hydrogen-bond donors (Lipinski definition) is 2. The van der Waals surface area contributed by atoms with E-state index in [2.05, 4.69) is 27.8 Å². The highest BCUT2D eigenvalue weighted by Crippen LogP contribution is 2.12. The van der Waals surface area contributed by atoms with Crippen molar-refractivity contribution in [3.8, 4) is 0 Å². The zero-order valence-corrected chi connectivity index (χ0v) is 19.6. The molecule has 0 saturated heterocycles. The van der Waals surface area contributed by atoms with E-state index in [-0.39, 0.29) is 35.8 Å². The smallest absolute Gasteiger partial charge is 0.191 e. The second kappa shape index (κ2) is 12.8. The maximum atomic E-state index is 12.6. The Morgan fingerprint density at radius 2 is 1.64 bits per heavy atom. The summed E-state index contributed by atoms with van der Waals surface area (Å²) in [6, 6.07) is 18.7. The van der Waals surface area contributed by atoms with E-state index in [1.54, 1.807) is 31.3 Å². The molecule has 2 aromatic rings. The van der Waals surface area contributed by atoms with Crippen LogP contribution in [0, 0.1) is 0 Å². The summed E-state index contributed by atoms with van der Waals surface area (Å²) in [5.74, 6) is 0.677. The minimum atomic E-state index is -3.33. The van der Waals surface area contributed by atoms with Gasteiger partial charge in [-0.2, -0.15) is 0 Å². The Kier molecular flexibility index (Phi) is 11.1. The number of rotatable bonds is 9. The fourth-order valence-corrected chi connectivity index (χ4v) is 4.40. The molecule has 0 radical (unpaired) electrons. The Morgan fingerprint density at radius 1 is 1.04 bits per heavy atom. The van der Waals surface area contributed by atoms with E-state index < -0.39 is 9.84 Å². The van der Waals surface area contributed by atoms with Crippen molar-refractivity contribution in [3.05, 3.63) is 66.2 Å². The Balaban J connectivity index is 0.00000392. The Hall–Kier alpha value is -1.61. The molecule has 0 fully saturated rings. The van der Waals surface area contributed by atoms with Crippen LogP contribution in [-0.4, -0.2) is 39.8 Å². The Labute approximate surface area is 186 Å². The minimum Gasteiger partial charge on any atom is -0.356 e. The first-order chi connectivity index (χ1) is 13.0. The molecule has 0 saturated carbocycles. The molecule has 7 heteroatoms. The van der Waals surface area contributed by atoms with Gasteiger partial charge in [-0.15, -0.1) is 24.0 Å². The van der Waals surface area contributed by atoms with Crippen LogP contribution >= 0.6 is 24.0 Å². The van der Waals surface area contributed by atoms with Crippen LogP contribution < -0.4 is 10.6 Å². The average Bonchev–Trinajstić information content (AvgIpc) is 2.70. The van der Waals surface area contributed by atoms with E-state index in [1.165, 1.54) is 5.56 Å². The van der Waals surface area contributed by atoms with E-state index in [1.807, 2.05) is 31.2 Å². The average molecular weight is 515 g/mol. The maximum absolute atomic E-state index is 12.6. The summed E-state index contributed by atoms with van der Waals surface area (Å²) < 4.78 is 25.2. The number of hydrogen-bond acceptors (Lipinski definition) is 3. The van der Waals surface area contributed by atoms with Crippen LogP contribution in [0.5, 0.6) is 0 Å². The number of guanidine groups is 1. The molecule has 28 heavy (non-hydrogen) atoms. The zero-order valence-electron chi connectivity index (χ0n) is 16.5. The third-order valence-electron chi connectivity index (χ3n) is 4.36. The molecule has 0 amide bonds. The van der Waals surface area contributed by atoms with E-state index in [0.717, 1.165) is 19.4 Å². The number of benzene rings is 2. The highest BCUT2D eigenvalue weighted by Gasteiger charge is 2.20. The molecule has 1 unspecified atom stereocenters. The predicted octanol–water partition coefficient (Wildman–Crippen LogP) is 3.65. The lowest BCUT2D eigenvalue weighted by Crippen LogP contribution is -2.46. The fraction of sp³-hybridized carbons (Fsp3) is 0.381. The van der Waals surface area contributed by atoms with Crippen LogP contribution in [0.25, 0.3) is 0 Å². The highest BCUT2D eigenvalue weighted by molar-refractivity contribution is 14.0. The lowest BCUT2D eigenvalue weighted by Gasteiger charge is -2.20. The number of sulfone groups is 1. The molecule has 2 aromatic carbocycles. The van der Waals surface area contributed by atoms with Gasteiger partial charge in [0.05, 0.1) is 10.6 Å². The van der Waals surface area contributed by atoms with Gasteiger partial charge in [0.15, 0.2) is 15.8 Å². The number of halogens is 1. The van der Waals surface area contributed by atoms with E-state index in [4.69, 9.17) is 0 Å². The third-order valence-corrected chi connectivity index (χ3v) is 6.19. The SMILES string of the molecule is CCC(CS(=O)(=O)c1ccccc1)NC(=NC)NCCCc1ccccc1.I. The molecule has 0 aliphatic heterocycles. The Bertz CT molecular complexity index is 812. The topological polar surface area (TPSA) is 70.6 Å². The van der Waals surface area contributed by atoms with Gasteiger partial charge in [-0.3, -0.25) is 4.99 Å². The van der Waals surface area contributed by atoms with E-state index >= 15 is 0 Å². The summed E-state index contributed by atoms with van der Waals surface area (Å²) >= 11 is 0. The molecule has 0 aliphatic carbocycles. The lowest BCUT2D eigenvalue weighted by molar-refractivity contribution is 0.568. The molecular weight excluding hydrogens is 485 g/mol. The summed E-state index contributed by atoms with van der Waals surface area (Å²) in [6.45, 7) is 2.75. The van der Waals surface area contributed by atoms with Crippen molar-refractivity contribution in [2.24, 2.45) is 4.99 Å². The normalized spacial score (nSPS) is 12.7. The second-order valence-electron chi connectivity index (χ2n) is 6.43. The van der Waals surface area contributed by atoms with Crippen molar-refractivity contribution < 1.29 is 8.42 Å². The summed E-state index contributed by atoms with van der Waals surface area (Å²) in [5, 5.41) is 6.51. The van der Waals surface area contributed by atoms with E-state index in [0.29, 0.717) is 17.3 Å². The minimum absolute atomic E-state index is 0. The van der Waals surface area contributed by atoms with Gasteiger partial charge in [-0.05, 0) is 37.0 Å². The summed E-state index contributed by atoms with van der Waals surface area (Å²) in [5.41, 5.74) is 1.31. The first-order valence-electron chi connectivity index (χ1n) is 9.34. The molecule has 0 heterocycles. The Morgan fingerprint density at radius 3 is 2.21 bits per heavy atom. The van der Waals surface area contributed by atoms with Gasteiger partial charge in [-0.25, -0.2) is 8.42 Å². The first kappa shape index (κ1) is 24.4. The zero-order chi connectivity index (χ0) is 19.5. The monoisotopic (exact) mass is 515 g/mol. The van der Waals surface area contributed by atoms with Gasteiger partial charge in [0.25, 0.3) is 0 Å². The van der Waals surface area contributed by atoms with Crippen LogP contribution in [0.4, 0.5) is 0 Å². The third kappa shape index (κ3) is 8.18. The highest BCUT2D eigenvalue weighted by atomic mass is 127.